The predicted octanol–water partition coefficient (Wildman–Crippen LogP) is 1.06. The smallest absolute Gasteiger partial charge is 0.340 e. The van der Waals surface area contributed by atoms with Crippen LogP contribution in [0.2, 0.25) is 0 Å². The molecule has 0 aliphatic heterocycles. The molecule has 0 aromatic heterocycles. The number of anilines is 2. The number of benzene rings is 1. The molecule has 19 heavy (non-hydrogen) atoms. The Labute approximate surface area is 112 Å². The molecule has 1 aromatic rings. The molecule has 0 bridgehead atoms. The lowest BCUT2D eigenvalue weighted by atomic mass is 10.1. The van der Waals surface area contributed by atoms with Crippen molar-refractivity contribution < 1.29 is 19.0 Å². The molecule has 0 atom stereocenters. The fourth-order valence-corrected chi connectivity index (χ4v) is 1.45. The summed E-state index contributed by atoms with van der Waals surface area (Å²) in [7, 11) is 1.64. The molecule has 0 radical (unpaired) electrons. The van der Waals surface area contributed by atoms with Gasteiger partial charge in [0, 0.05) is 31.7 Å². The van der Waals surface area contributed by atoms with Crippen molar-refractivity contribution >= 4 is 17.3 Å². The monoisotopic (exact) mass is 268 g/mol. The van der Waals surface area contributed by atoms with E-state index in [1.54, 1.807) is 19.2 Å². The van der Waals surface area contributed by atoms with Gasteiger partial charge >= 0.3 is 5.97 Å². The van der Waals surface area contributed by atoms with Crippen LogP contribution >= 0.6 is 0 Å². The molecule has 0 unspecified atom stereocenters. The second-order valence-corrected chi connectivity index (χ2v) is 3.94. The normalized spacial score (nSPS) is 10.4. The van der Waals surface area contributed by atoms with E-state index in [4.69, 9.17) is 25.7 Å². The third-order valence-corrected chi connectivity index (χ3v) is 2.39. The topological polar surface area (TPSA) is 96.8 Å². The van der Waals surface area contributed by atoms with Crippen LogP contribution in [0.25, 0.3) is 0 Å². The number of nitrogen functional groups attached to an aromatic ring is 2. The summed E-state index contributed by atoms with van der Waals surface area (Å²) in [4.78, 5) is 11.7. The molecule has 1 aromatic carbocycles. The van der Waals surface area contributed by atoms with Crippen LogP contribution in [0, 0.1) is 0 Å². The molecule has 6 nitrogen and oxygen atoms in total. The summed E-state index contributed by atoms with van der Waals surface area (Å²) in [6.45, 7) is 1.77. The minimum atomic E-state index is -0.474. The van der Waals surface area contributed by atoms with Gasteiger partial charge in [0.25, 0.3) is 0 Å². The second-order valence-electron chi connectivity index (χ2n) is 3.94. The first-order valence-electron chi connectivity index (χ1n) is 6.04. The molecule has 0 fully saturated rings. The quantitative estimate of drug-likeness (QED) is 0.416. The molecule has 0 aliphatic carbocycles. The Morgan fingerprint density at radius 1 is 1.16 bits per heavy atom. The molecule has 0 spiro atoms. The van der Waals surface area contributed by atoms with E-state index in [0.717, 1.165) is 6.42 Å². The number of hydrogen-bond acceptors (Lipinski definition) is 6. The van der Waals surface area contributed by atoms with Crippen LogP contribution < -0.4 is 11.5 Å². The van der Waals surface area contributed by atoms with E-state index in [0.29, 0.717) is 36.8 Å². The third kappa shape index (κ3) is 5.58. The van der Waals surface area contributed by atoms with Crippen molar-refractivity contribution in [2.24, 2.45) is 0 Å². The minimum Gasteiger partial charge on any atom is -0.460 e. The van der Waals surface area contributed by atoms with E-state index < -0.39 is 5.97 Å². The number of carbonyl (C=O) groups is 1. The highest BCUT2D eigenvalue weighted by Crippen LogP contribution is 2.16. The predicted molar refractivity (Wildman–Crippen MR) is 72.9 cm³/mol. The average Bonchev–Trinajstić information content (AvgIpc) is 2.37. The van der Waals surface area contributed by atoms with E-state index in [2.05, 4.69) is 0 Å². The first-order chi connectivity index (χ1) is 9.15. The minimum absolute atomic E-state index is 0.190. The lowest BCUT2D eigenvalue weighted by molar-refractivity contribution is 0.0289. The highest BCUT2D eigenvalue weighted by molar-refractivity contribution is 5.95. The van der Waals surface area contributed by atoms with Crippen LogP contribution in [-0.2, 0) is 14.2 Å². The van der Waals surface area contributed by atoms with Crippen molar-refractivity contribution in [2.75, 3.05) is 45.0 Å². The number of esters is 1. The molecule has 106 valence electrons. The molecular formula is C13H20N2O4. The summed E-state index contributed by atoms with van der Waals surface area (Å²) in [5, 5.41) is 0. The van der Waals surface area contributed by atoms with Gasteiger partial charge in [0.2, 0.25) is 0 Å². The van der Waals surface area contributed by atoms with Crippen LogP contribution in [0.5, 0.6) is 0 Å². The van der Waals surface area contributed by atoms with E-state index in [1.807, 2.05) is 0 Å². The van der Waals surface area contributed by atoms with Gasteiger partial charge in [0.05, 0.1) is 12.2 Å². The van der Waals surface area contributed by atoms with E-state index in [9.17, 15) is 4.79 Å². The molecular weight excluding hydrogens is 248 g/mol. The van der Waals surface area contributed by atoms with Crippen molar-refractivity contribution in [3.8, 4) is 0 Å². The summed E-state index contributed by atoms with van der Waals surface area (Å²) in [6, 6.07) is 4.68. The van der Waals surface area contributed by atoms with Crippen LogP contribution in [0.15, 0.2) is 18.2 Å². The van der Waals surface area contributed by atoms with Crippen LogP contribution in [0.1, 0.15) is 16.8 Å². The first kappa shape index (κ1) is 15.3. The van der Waals surface area contributed by atoms with Gasteiger partial charge in [-0.3, -0.25) is 0 Å². The van der Waals surface area contributed by atoms with Crippen molar-refractivity contribution in [1.29, 1.82) is 0 Å². The van der Waals surface area contributed by atoms with E-state index in [1.165, 1.54) is 6.07 Å². The SMILES string of the molecule is COCCCOCCOC(=O)c1ccc(N)cc1N. The average molecular weight is 268 g/mol. The van der Waals surface area contributed by atoms with Gasteiger partial charge in [-0.25, -0.2) is 4.79 Å². The Bertz CT molecular complexity index is 410. The van der Waals surface area contributed by atoms with Gasteiger partial charge in [-0.2, -0.15) is 0 Å². The molecule has 0 heterocycles. The molecule has 4 N–H and O–H groups in total. The number of ether oxygens (including phenoxy) is 3. The standard InChI is InChI=1S/C13H20N2O4/c1-17-5-2-6-18-7-8-19-13(16)11-4-3-10(14)9-12(11)15/h3-4,9H,2,5-8,14-15H2,1H3. The number of nitrogens with two attached hydrogens (primary N) is 2. The number of methoxy groups -OCH3 is 1. The fraction of sp³-hybridized carbons (Fsp3) is 0.462. The summed E-state index contributed by atoms with van der Waals surface area (Å²) in [5.41, 5.74) is 12.4. The van der Waals surface area contributed by atoms with Crippen LogP contribution in [-0.4, -0.2) is 39.5 Å². The molecule has 0 saturated heterocycles. The Hall–Kier alpha value is -1.79. The van der Waals surface area contributed by atoms with Crippen molar-refractivity contribution in [2.45, 2.75) is 6.42 Å². The maximum atomic E-state index is 11.7. The Balaban J connectivity index is 2.24. The number of rotatable bonds is 8. The Morgan fingerprint density at radius 2 is 1.95 bits per heavy atom. The summed E-state index contributed by atoms with van der Waals surface area (Å²) in [6.07, 6.45) is 0.815. The fourth-order valence-electron chi connectivity index (χ4n) is 1.45. The van der Waals surface area contributed by atoms with Gasteiger partial charge in [-0.1, -0.05) is 0 Å². The first-order valence-corrected chi connectivity index (χ1v) is 6.04. The van der Waals surface area contributed by atoms with Gasteiger partial charge in [-0.05, 0) is 24.6 Å². The molecule has 0 saturated carbocycles. The largest absolute Gasteiger partial charge is 0.460 e. The van der Waals surface area contributed by atoms with Gasteiger partial charge < -0.3 is 25.7 Å². The van der Waals surface area contributed by atoms with Crippen LogP contribution in [0.3, 0.4) is 0 Å². The summed E-state index contributed by atoms with van der Waals surface area (Å²) < 4.78 is 15.2. The lowest BCUT2D eigenvalue weighted by Gasteiger charge is -2.08. The molecule has 1 rings (SSSR count). The number of hydrogen-bond donors (Lipinski definition) is 2. The highest BCUT2D eigenvalue weighted by Gasteiger charge is 2.10. The van der Waals surface area contributed by atoms with Crippen molar-refractivity contribution in [3.63, 3.8) is 0 Å². The van der Waals surface area contributed by atoms with Crippen molar-refractivity contribution in [3.05, 3.63) is 23.8 Å². The number of carbonyl (C=O) groups excluding carboxylic acids is 1. The van der Waals surface area contributed by atoms with Gasteiger partial charge in [0.1, 0.15) is 6.61 Å². The van der Waals surface area contributed by atoms with Gasteiger partial charge in [-0.15, -0.1) is 0 Å². The van der Waals surface area contributed by atoms with E-state index >= 15 is 0 Å². The molecule has 0 aliphatic rings. The Morgan fingerprint density at radius 3 is 2.63 bits per heavy atom. The zero-order chi connectivity index (χ0) is 14.1. The maximum Gasteiger partial charge on any atom is 0.340 e. The summed E-state index contributed by atoms with van der Waals surface area (Å²) >= 11 is 0. The maximum absolute atomic E-state index is 11.7. The van der Waals surface area contributed by atoms with Crippen molar-refractivity contribution in [1.82, 2.24) is 0 Å². The van der Waals surface area contributed by atoms with Gasteiger partial charge in [0.15, 0.2) is 0 Å². The lowest BCUT2D eigenvalue weighted by Crippen LogP contribution is -2.13. The highest BCUT2D eigenvalue weighted by atomic mass is 16.6. The third-order valence-electron chi connectivity index (χ3n) is 2.39. The molecule has 0 amide bonds. The summed E-state index contributed by atoms with van der Waals surface area (Å²) in [5.74, 6) is -0.474. The Kier molecular flexibility index (Phi) is 6.70. The second kappa shape index (κ2) is 8.34. The van der Waals surface area contributed by atoms with Crippen LogP contribution in [0.4, 0.5) is 11.4 Å². The zero-order valence-corrected chi connectivity index (χ0v) is 11.1. The zero-order valence-electron chi connectivity index (χ0n) is 11.1. The van der Waals surface area contributed by atoms with E-state index in [-0.39, 0.29) is 6.61 Å². The molecule has 6 heteroatoms.